The number of benzene rings is 1. The van der Waals surface area contributed by atoms with Crippen LogP contribution >= 0.6 is 0 Å². The summed E-state index contributed by atoms with van der Waals surface area (Å²) in [5.74, 6) is -1.58. The lowest BCUT2D eigenvalue weighted by Crippen LogP contribution is -2.55. The quantitative estimate of drug-likeness (QED) is 0.216. The summed E-state index contributed by atoms with van der Waals surface area (Å²) in [6.45, 7) is 15.8. The number of esters is 1. The van der Waals surface area contributed by atoms with E-state index in [1.165, 1.54) is 7.11 Å². The van der Waals surface area contributed by atoms with Gasteiger partial charge in [-0.05, 0) is 68.2 Å². The molecule has 0 radical (unpaired) electrons. The van der Waals surface area contributed by atoms with Crippen LogP contribution < -0.4 is 10.1 Å². The average Bonchev–Trinajstić information content (AvgIpc) is 3.08. The maximum absolute atomic E-state index is 13.9. The molecule has 2 atom stereocenters. The molecule has 8 nitrogen and oxygen atoms in total. The molecule has 0 aromatic heterocycles. The molecule has 0 aliphatic carbocycles. The monoisotopic (exact) mass is 540 g/mol. The van der Waals surface area contributed by atoms with Gasteiger partial charge in [-0.1, -0.05) is 59.2 Å². The van der Waals surface area contributed by atoms with E-state index >= 15 is 0 Å². The van der Waals surface area contributed by atoms with Gasteiger partial charge in [0.05, 0.1) is 12.7 Å². The van der Waals surface area contributed by atoms with Crippen molar-refractivity contribution in [3.8, 4) is 5.75 Å². The predicted molar refractivity (Wildman–Crippen MR) is 152 cm³/mol. The lowest BCUT2D eigenvalue weighted by atomic mass is 9.95. The highest BCUT2D eigenvalue weighted by Gasteiger charge is 2.45. The molecule has 0 saturated carbocycles. The zero-order valence-corrected chi connectivity index (χ0v) is 24.8. The zero-order chi connectivity index (χ0) is 29.4. The number of hydrogen-bond donors (Lipinski definition) is 1. The van der Waals surface area contributed by atoms with Crippen LogP contribution in [0.3, 0.4) is 0 Å². The zero-order valence-electron chi connectivity index (χ0n) is 24.8. The fourth-order valence-electron chi connectivity index (χ4n) is 4.45. The molecule has 8 heteroatoms. The molecule has 2 unspecified atom stereocenters. The maximum Gasteiger partial charge on any atom is 0.328 e. The van der Waals surface area contributed by atoms with Gasteiger partial charge in [0.25, 0.3) is 11.8 Å². The summed E-state index contributed by atoms with van der Waals surface area (Å²) >= 11 is 0. The molecule has 0 spiro atoms. The molecule has 0 bridgehead atoms. The Balaban J connectivity index is 2.46. The molecule has 3 amide bonds. The number of ether oxygens (including phenoxy) is 2. The molecular weight excluding hydrogens is 496 g/mol. The summed E-state index contributed by atoms with van der Waals surface area (Å²) in [6.07, 6.45) is 2.62. The number of methoxy groups -OCH3 is 1. The van der Waals surface area contributed by atoms with Crippen molar-refractivity contribution >= 4 is 29.3 Å². The summed E-state index contributed by atoms with van der Waals surface area (Å²) in [5, 5.41) is 2.74. The first kappa shape index (κ1) is 31.8. The van der Waals surface area contributed by atoms with Crippen LogP contribution in [0.1, 0.15) is 73.8 Å². The summed E-state index contributed by atoms with van der Waals surface area (Å²) in [4.78, 5) is 54.6. The normalized spacial score (nSPS) is 15.2. The minimum Gasteiger partial charge on any atom is -0.490 e. The molecular formula is C31H44N2O6. The molecule has 39 heavy (non-hydrogen) atoms. The number of rotatable bonds is 13. The molecule has 0 fully saturated rings. The first-order valence-electron chi connectivity index (χ1n) is 13.6. The van der Waals surface area contributed by atoms with E-state index < -0.39 is 35.8 Å². The summed E-state index contributed by atoms with van der Waals surface area (Å²) in [6, 6.07) is 5.12. The van der Waals surface area contributed by atoms with Crippen LogP contribution in [0.5, 0.6) is 5.75 Å². The molecule has 1 aliphatic rings. The molecule has 1 N–H and O–H groups in total. The molecule has 1 aliphatic heterocycles. The van der Waals surface area contributed by atoms with Crippen molar-refractivity contribution in [1.82, 2.24) is 10.2 Å². The molecule has 214 valence electrons. The van der Waals surface area contributed by atoms with Gasteiger partial charge in [-0.15, -0.1) is 0 Å². The van der Waals surface area contributed by atoms with Crippen molar-refractivity contribution in [2.45, 2.75) is 80.3 Å². The highest BCUT2D eigenvalue weighted by Crippen LogP contribution is 2.36. The Labute approximate surface area is 232 Å². The van der Waals surface area contributed by atoms with Gasteiger partial charge < -0.3 is 14.8 Å². The van der Waals surface area contributed by atoms with Crippen molar-refractivity contribution in [1.29, 1.82) is 0 Å². The average molecular weight is 541 g/mol. The lowest BCUT2D eigenvalue weighted by molar-refractivity contribution is -0.149. The van der Waals surface area contributed by atoms with Gasteiger partial charge >= 0.3 is 5.97 Å². The molecule has 1 aromatic rings. The first-order valence-corrected chi connectivity index (χ1v) is 13.6. The van der Waals surface area contributed by atoms with Gasteiger partial charge in [0.2, 0.25) is 5.91 Å². The second-order valence-corrected chi connectivity index (χ2v) is 11.4. The third-order valence-electron chi connectivity index (χ3n) is 6.44. The topological polar surface area (TPSA) is 102 Å². The van der Waals surface area contributed by atoms with E-state index in [0.29, 0.717) is 35.5 Å². The van der Waals surface area contributed by atoms with Gasteiger partial charge in [-0.3, -0.25) is 19.3 Å². The van der Waals surface area contributed by atoms with Crippen molar-refractivity contribution in [3.05, 3.63) is 47.1 Å². The Morgan fingerprint density at radius 2 is 1.56 bits per heavy atom. The molecule has 2 rings (SSSR count). The number of hydrogen-bond acceptors (Lipinski definition) is 6. The second kappa shape index (κ2) is 14.1. The van der Waals surface area contributed by atoms with Crippen molar-refractivity contribution in [2.75, 3.05) is 13.7 Å². The van der Waals surface area contributed by atoms with Crippen molar-refractivity contribution in [3.63, 3.8) is 0 Å². The molecule has 0 saturated heterocycles. The molecule has 1 heterocycles. The highest BCUT2D eigenvalue weighted by molar-refractivity contribution is 6.36. The highest BCUT2D eigenvalue weighted by atomic mass is 16.5. The third-order valence-corrected chi connectivity index (χ3v) is 6.44. The van der Waals surface area contributed by atoms with Gasteiger partial charge in [-0.2, -0.15) is 0 Å². The van der Waals surface area contributed by atoms with Crippen LogP contribution in [0, 0.1) is 17.8 Å². The van der Waals surface area contributed by atoms with Crippen LogP contribution in [0.2, 0.25) is 0 Å². The smallest absolute Gasteiger partial charge is 0.328 e. The Morgan fingerprint density at radius 3 is 2.05 bits per heavy atom. The van der Waals surface area contributed by atoms with E-state index in [1.54, 1.807) is 38.1 Å². The summed E-state index contributed by atoms with van der Waals surface area (Å²) in [5.41, 5.74) is 2.44. The van der Waals surface area contributed by atoms with Crippen LogP contribution in [0.25, 0.3) is 5.57 Å². The van der Waals surface area contributed by atoms with E-state index in [2.05, 4.69) is 5.32 Å². The van der Waals surface area contributed by atoms with Crippen LogP contribution in [0.4, 0.5) is 0 Å². The first-order chi connectivity index (χ1) is 18.3. The van der Waals surface area contributed by atoms with Crippen LogP contribution in [-0.2, 0) is 23.9 Å². The Hall–Kier alpha value is -3.42. The van der Waals surface area contributed by atoms with Gasteiger partial charge in [0.15, 0.2) is 0 Å². The van der Waals surface area contributed by atoms with E-state index in [4.69, 9.17) is 9.47 Å². The van der Waals surface area contributed by atoms with Gasteiger partial charge in [0, 0.05) is 5.57 Å². The number of imide groups is 1. The van der Waals surface area contributed by atoms with Crippen LogP contribution in [0.15, 0.2) is 41.5 Å². The number of nitrogens with zero attached hydrogens (tertiary/aromatic N) is 1. The minimum absolute atomic E-state index is 0.00631. The van der Waals surface area contributed by atoms with E-state index in [-0.39, 0.29) is 24.2 Å². The maximum atomic E-state index is 13.9. The standard InChI is InChI=1S/C31H44N2O6/c1-18(2)14-15-39-23-12-10-22(11-13-23)26-24(16-19(3)4)29(35)33(30(26)36)25(17-20(5)6)28(34)32-27(21(7)8)31(37)38-9/h10-14,19-21,25,27H,15-17H2,1-9H3,(H,32,34). The summed E-state index contributed by atoms with van der Waals surface area (Å²) in [7, 11) is 1.26. The lowest BCUT2D eigenvalue weighted by Gasteiger charge is -2.30. The second-order valence-electron chi connectivity index (χ2n) is 11.4. The fraction of sp³-hybridized carbons (Fsp3) is 0.548. The molecule has 1 aromatic carbocycles. The number of allylic oxidation sites excluding steroid dienone is 1. The number of carbonyl (C=O) groups excluding carboxylic acids is 4. The van der Waals surface area contributed by atoms with Crippen LogP contribution in [-0.4, -0.2) is 54.4 Å². The van der Waals surface area contributed by atoms with E-state index in [0.717, 1.165) is 10.5 Å². The SMILES string of the molecule is COC(=O)C(NC(=O)C(CC(C)C)N1C(=O)C(CC(C)C)=C(c2ccc(OCC=C(C)C)cc2)C1=O)C(C)C. The van der Waals surface area contributed by atoms with Gasteiger partial charge in [0.1, 0.15) is 24.4 Å². The van der Waals surface area contributed by atoms with E-state index in [9.17, 15) is 19.2 Å². The summed E-state index contributed by atoms with van der Waals surface area (Å²) < 4.78 is 10.6. The number of carbonyl (C=O) groups is 4. The van der Waals surface area contributed by atoms with Gasteiger partial charge in [-0.25, -0.2) is 4.79 Å². The fourth-order valence-corrected chi connectivity index (χ4v) is 4.45. The Bertz CT molecular complexity index is 1110. The largest absolute Gasteiger partial charge is 0.490 e. The number of amides is 3. The Kier molecular flexibility index (Phi) is 11.5. The number of nitrogens with one attached hydrogen (secondary N) is 1. The minimum atomic E-state index is -1.07. The van der Waals surface area contributed by atoms with Crippen molar-refractivity contribution < 1.29 is 28.7 Å². The predicted octanol–water partition coefficient (Wildman–Crippen LogP) is 4.93. The van der Waals surface area contributed by atoms with Crippen molar-refractivity contribution in [2.24, 2.45) is 17.8 Å². The third kappa shape index (κ3) is 8.28. The Morgan fingerprint density at radius 1 is 0.949 bits per heavy atom. The van der Waals surface area contributed by atoms with E-state index in [1.807, 2.05) is 47.6 Å².